The Labute approximate surface area is 170 Å². The number of aromatic nitrogens is 3. The van der Waals surface area contributed by atoms with Gasteiger partial charge in [-0.15, -0.1) is 5.10 Å². The first-order valence-electron chi connectivity index (χ1n) is 8.81. The van der Waals surface area contributed by atoms with Crippen LogP contribution in [0, 0.1) is 13.8 Å². The first-order valence-corrected chi connectivity index (χ1v) is 9.19. The monoisotopic (exact) mass is 415 g/mol. The Morgan fingerprint density at radius 3 is 2.97 bits per heavy atom. The van der Waals surface area contributed by atoms with Gasteiger partial charge >= 0.3 is 0 Å². The molecule has 0 radical (unpaired) electrons. The van der Waals surface area contributed by atoms with Crippen LogP contribution in [0.5, 0.6) is 11.6 Å². The number of ether oxygens (including phenoxy) is 2. The fourth-order valence-corrected chi connectivity index (χ4v) is 3.38. The molecule has 0 atom stereocenters. The third-order valence-corrected chi connectivity index (χ3v) is 4.72. The highest BCUT2D eigenvalue weighted by molar-refractivity contribution is 6.34. The summed E-state index contributed by atoms with van der Waals surface area (Å²) >= 11 is 6.20. The van der Waals surface area contributed by atoms with Crippen LogP contribution in [0.1, 0.15) is 11.3 Å². The predicted molar refractivity (Wildman–Crippen MR) is 108 cm³/mol. The number of aryl methyl sites for hydroxylation is 3. The Morgan fingerprint density at radius 1 is 1.38 bits per heavy atom. The second-order valence-corrected chi connectivity index (χ2v) is 7.12. The number of pyridine rings is 1. The van der Waals surface area contributed by atoms with Gasteiger partial charge in [0, 0.05) is 18.8 Å². The van der Waals surface area contributed by atoms with E-state index in [4.69, 9.17) is 21.1 Å². The number of carbonyl (C=O) groups is 2. The molecule has 1 aliphatic heterocycles. The number of halogens is 1. The molecule has 3 heterocycles. The van der Waals surface area contributed by atoms with Crippen molar-refractivity contribution in [1.82, 2.24) is 14.8 Å². The van der Waals surface area contributed by atoms with Crippen molar-refractivity contribution in [2.75, 3.05) is 23.8 Å². The van der Waals surface area contributed by atoms with Crippen LogP contribution in [0.2, 0.25) is 5.02 Å². The summed E-state index contributed by atoms with van der Waals surface area (Å²) in [5.74, 6) is 0.0905. The lowest BCUT2D eigenvalue weighted by molar-refractivity contribution is -0.119. The number of nitrogens with zero attached hydrogens (tertiary/aromatic N) is 3. The number of anilines is 2. The number of carbonyl (C=O) groups excluding carboxylic acids is 2. The zero-order valence-corrected chi connectivity index (χ0v) is 16.8. The Balaban J connectivity index is 1.49. The highest BCUT2D eigenvalue weighted by atomic mass is 35.5. The van der Waals surface area contributed by atoms with Crippen molar-refractivity contribution in [3.05, 3.63) is 34.5 Å². The van der Waals surface area contributed by atoms with Gasteiger partial charge in [0.1, 0.15) is 5.75 Å². The lowest BCUT2D eigenvalue weighted by atomic mass is 10.2. The zero-order valence-electron chi connectivity index (χ0n) is 16.0. The van der Waals surface area contributed by atoms with E-state index in [2.05, 4.69) is 20.7 Å². The van der Waals surface area contributed by atoms with E-state index in [0.29, 0.717) is 28.7 Å². The average Bonchev–Trinajstić information content (AvgIpc) is 2.97. The zero-order chi connectivity index (χ0) is 20.7. The van der Waals surface area contributed by atoms with Gasteiger partial charge in [0.2, 0.25) is 5.88 Å². The van der Waals surface area contributed by atoms with Crippen LogP contribution in [0.4, 0.5) is 11.4 Å². The minimum Gasteiger partial charge on any atom is -0.482 e. The van der Waals surface area contributed by atoms with Gasteiger partial charge < -0.3 is 20.1 Å². The van der Waals surface area contributed by atoms with Crippen molar-refractivity contribution in [1.29, 1.82) is 0 Å². The van der Waals surface area contributed by atoms with Gasteiger partial charge in [-0.25, -0.2) is 9.67 Å². The molecular weight excluding hydrogens is 398 g/mol. The first kappa shape index (κ1) is 19.0. The summed E-state index contributed by atoms with van der Waals surface area (Å²) in [6.45, 7) is 3.50. The van der Waals surface area contributed by atoms with Gasteiger partial charge in [-0.05, 0) is 31.5 Å². The number of hydrogen-bond acceptors (Lipinski definition) is 6. The molecule has 3 aromatic rings. The molecule has 0 unspecified atom stereocenters. The Morgan fingerprint density at radius 2 is 2.17 bits per heavy atom. The van der Waals surface area contributed by atoms with Crippen LogP contribution in [0.25, 0.3) is 11.0 Å². The molecular formula is C19H18ClN5O4. The van der Waals surface area contributed by atoms with Crippen molar-refractivity contribution < 1.29 is 19.1 Å². The van der Waals surface area contributed by atoms with Crippen LogP contribution in [-0.2, 0) is 16.6 Å². The molecule has 0 bridgehead atoms. The van der Waals surface area contributed by atoms with Gasteiger partial charge in [-0.3, -0.25) is 9.59 Å². The van der Waals surface area contributed by atoms with Crippen molar-refractivity contribution in [2.24, 2.45) is 7.05 Å². The summed E-state index contributed by atoms with van der Waals surface area (Å²) < 4.78 is 12.6. The maximum atomic E-state index is 12.4. The van der Waals surface area contributed by atoms with E-state index in [0.717, 1.165) is 16.6 Å². The molecule has 29 heavy (non-hydrogen) atoms. The van der Waals surface area contributed by atoms with E-state index in [1.807, 2.05) is 19.9 Å². The van der Waals surface area contributed by atoms with E-state index in [9.17, 15) is 9.59 Å². The molecule has 2 aromatic heterocycles. The normalized spacial score (nSPS) is 12.9. The molecule has 1 aliphatic rings. The van der Waals surface area contributed by atoms with E-state index in [-0.39, 0.29) is 24.1 Å². The summed E-state index contributed by atoms with van der Waals surface area (Å²) in [4.78, 5) is 28.2. The maximum Gasteiger partial charge on any atom is 0.262 e. The van der Waals surface area contributed by atoms with Gasteiger partial charge in [0.15, 0.2) is 18.9 Å². The first-order chi connectivity index (χ1) is 13.8. The minimum atomic E-state index is -0.414. The lowest BCUT2D eigenvalue weighted by Gasteiger charge is -2.19. The molecule has 0 aliphatic carbocycles. The standard InChI is InChI=1S/C19H18ClN5O4/c1-9-4-10(2)21-18-17(9)19(24-25(18)3)29-8-16(27)22-12-6-14-13(5-11(12)20)23-15(26)7-28-14/h4-6H,7-8H2,1-3H3,(H,22,27)(H,23,26). The third kappa shape index (κ3) is 3.68. The summed E-state index contributed by atoms with van der Waals surface area (Å²) in [6.07, 6.45) is 0. The Kier molecular flexibility index (Phi) is 4.75. The molecule has 0 saturated carbocycles. The van der Waals surface area contributed by atoms with Crippen LogP contribution in [0.3, 0.4) is 0 Å². The minimum absolute atomic E-state index is 0.0925. The van der Waals surface area contributed by atoms with Gasteiger partial charge in [0.25, 0.3) is 11.8 Å². The van der Waals surface area contributed by atoms with E-state index < -0.39 is 5.91 Å². The molecule has 2 amide bonds. The SMILES string of the molecule is Cc1cc(C)c2c(OCC(=O)Nc3cc4c(cc3Cl)NC(=O)CO4)nn(C)c2n1. The predicted octanol–water partition coefficient (Wildman–Crippen LogP) is 2.59. The molecule has 2 N–H and O–H groups in total. The number of fused-ring (bicyclic) bond motifs is 2. The third-order valence-electron chi connectivity index (χ3n) is 4.40. The molecule has 150 valence electrons. The fourth-order valence-electron chi connectivity index (χ4n) is 3.17. The second-order valence-electron chi connectivity index (χ2n) is 6.71. The fraction of sp³-hybridized carbons (Fsp3) is 0.263. The van der Waals surface area contributed by atoms with Crippen LogP contribution in [-0.4, -0.2) is 39.8 Å². The van der Waals surface area contributed by atoms with Crippen molar-refractivity contribution in [3.8, 4) is 11.6 Å². The topological polar surface area (TPSA) is 107 Å². The summed E-state index contributed by atoms with van der Waals surface area (Å²) in [7, 11) is 1.77. The highest BCUT2D eigenvalue weighted by Gasteiger charge is 2.20. The number of rotatable bonds is 4. The van der Waals surface area contributed by atoms with E-state index in [1.54, 1.807) is 17.8 Å². The van der Waals surface area contributed by atoms with E-state index >= 15 is 0 Å². The Hall–Kier alpha value is -3.33. The average molecular weight is 416 g/mol. The summed E-state index contributed by atoms with van der Waals surface area (Å²) in [5, 5.41) is 10.7. The number of amides is 2. The lowest BCUT2D eigenvalue weighted by Crippen LogP contribution is -2.26. The van der Waals surface area contributed by atoms with Crippen LogP contribution >= 0.6 is 11.6 Å². The largest absolute Gasteiger partial charge is 0.482 e. The molecule has 10 heteroatoms. The summed E-state index contributed by atoms with van der Waals surface area (Å²) in [6, 6.07) is 5.01. The molecule has 1 aromatic carbocycles. The van der Waals surface area contributed by atoms with Crippen molar-refractivity contribution in [3.63, 3.8) is 0 Å². The number of benzene rings is 1. The number of hydrogen-bond donors (Lipinski definition) is 2. The van der Waals surface area contributed by atoms with Gasteiger partial charge in [0.05, 0.1) is 21.8 Å². The summed E-state index contributed by atoms with van der Waals surface area (Å²) in [5.41, 5.74) is 3.35. The maximum absolute atomic E-state index is 12.4. The molecule has 0 saturated heterocycles. The molecule has 0 spiro atoms. The van der Waals surface area contributed by atoms with Crippen molar-refractivity contribution >= 4 is 45.8 Å². The smallest absolute Gasteiger partial charge is 0.262 e. The quantitative estimate of drug-likeness (QED) is 0.678. The Bertz CT molecular complexity index is 1160. The second kappa shape index (κ2) is 7.25. The van der Waals surface area contributed by atoms with Crippen LogP contribution in [0.15, 0.2) is 18.2 Å². The van der Waals surface area contributed by atoms with E-state index in [1.165, 1.54) is 6.07 Å². The molecule has 9 nitrogen and oxygen atoms in total. The molecule has 0 fully saturated rings. The van der Waals surface area contributed by atoms with Crippen LogP contribution < -0.4 is 20.1 Å². The van der Waals surface area contributed by atoms with Gasteiger partial charge in [-0.1, -0.05) is 11.6 Å². The van der Waals surface area contributed by atoms with Gasteiger partial charge in [-0.2, -0.15) is 0 Å². The molecule has 4 rings (SSSR count). The van der Waals surface area contributed by atoms with Crippen molar-refractivity contribution in [2.45, 2.75) is 13.8 Å². The number of nitrogens with one attached hydrogen (secondary N) is 2. The highest BCUT2D eigenvalue weighted by Crippen LogP contribution is 2.36.